The fraction of sp³-hybridized carbons (Fsp3) is 0.368. The molecule has 2 N–H and O–H groups in total. The highest BCUT2D eigenvalue weighted by Crippen LogP contribution is 2.30. The van der Waals surface area contributed by atoms with E-state index in [4.69, 9.17) is 4.74 Å². The van der Waals surface area contributed by atoms with Gasteiger partial charge in [0, 0.05) is 23.9 Å². The monoisotopic (exact) mass is 397 g/mol. The van der Waals surface area contributed by atoms with Crippen LogP contribution in [0, 0.1) is 29.2 Å². The van der Waals surface area contributed by atoms with Crippen molar-refractivity contribution in [3.63, 3.8) is 0 Å². The van der Waals surface area contributed by atoms with Gasteiger partial charge in [0.05, 0.1) is 6.04 Å². The van der Waals surface area contributed by atoms with E-state index in [0.29, 0.717) is 11.5 Å². The summed E-state index contributed by atoms with van der Waals surface area (Å²) in [5.74, 6) is -7.11. The number of halogens is 4. The zero-order valence-corrected chi connectivity index (χ0v) is 15.1. The highest BCUT2D eigenvalue weighted by Gasteiger charge is 2.22. The summed E-state index contributed by atoms with van der Waals surface area (Å²) >= 11 is 0. The van der Waals surface area contributed by atoms with Gasteiger partial charge in [-0.1, -0.05) is 6.92 Å². The van der Waals surface area contributed by atoms with Crippen LogP contribution in [0.4, 0.5) is 17.6 Å². The molecule has 0 atom stereocenters. The zero-order valence-electron chi connectivity index (χ0n) is 15.1. The van der Waals surface area contributed by atoms with E-state index in [1.807, 2.05) is 5.48 Å². The van der Waals surface area contributed by atoms with Gasteiger partial charge in [0.25, 0.3) is 0 Å². The molecule has 1 fully saturated rings. The minimum atomic E-state index is -1.66. The summed E-state index contributed by atoms with van der Waals surface area (Å²) in [7, 11) is 0. The Balaban J connectivity index is 1.78. The molecule has 0 spiro atoms. The van der Waals surface area contributed by atoms with E-state index in [1.165, 1.54) is 18.3 Å². The summed E-state index contributed by atoms with van der Waals surface area (Å²) in [5, 5.41) is 9.38. The minimum Gasteiger partial charge on any atom is -0.433 e. The molecule has 0 bridgehead atoms. The van der Waals surface area contributed by atoms with Gasteiger partial charge in [-0.15, -0.1) is 0 Å². The average molecular weight is 397 g/mol. The van der Waals surface area contributed by atoms with Crippen molar-refractivity contribution in [1.29, 1.82) is 0 Å². The molecule has 5 nitrogen and oxygen atoms in total. The molecule has 28 heavy (non-hydrogen) atoms. The van der Waals surface area contributed by atoms with Gasteiger partial charge < -0.3 is 4.74 Å². The molecule has 1 aliphatic rings. The summed E-state index contributed by atoms with van der Waals surface area (Å²) in [6, 6.07) is 2.85. The Morgan fingerprint density at radius 2 is 1.75 bits per heavy atom. The number of amidine groups is 1. The zero-order chi connectivity index (χ0) is 20.3. The highest BCUT2D eigenvalue weighted by atomic mass is 19.2. The Bertz CT molecular complexity index is 840. The van der Waals surface area contributed by atoms with Crippen molar-refractivity contribution in [1.82, 2.24) is 10.5 Å². The molecule has 0 unspecified atom stereocenters. The molecule has 0 saturated heterocycles. The molecule has 1 aromatic heterocycles. The number of nitrogens with one attached hydrogen (secondary N) is 1. The molecule has 9 heteroatoms. The number of benzene rings is 1. The molecule has 1 saturated carbocycles. The first-order valence-electron chi connectivity index (χ1n) is 8.84. The predicted octanol–water partition coefficient (Wildman–Crippen LogP) is 4.73. The molecule has 1 aromatic carbocycles. The van der Waals surface area contributed by atoms with Crippen LogP contribution in [0.3, 0.4) is 0 Å². The number of pyridine rings is 1. The third-order valence-electron chi connectivity index (χ3n) is 4.69. The summed E-state index contributed by atoms with van der Waals surface area (Å²) in [4.78, 5) is 8.34. The molecular formula is C19H19F4N3O2. The molecule has 1 heterocycles. The van der Waals surface area contributed by atoms with Crippen LogP contribution in [0.1, 0.15) is 38.2 Å². The number of ether oxygens (including phenoxy) is 1. The summed E-state index contributed by atoms with van der Waals surface area (Å²) < 4.78 is 58.7. The standard InChI is InChI=1S/C19H19F4N3O2/c1-10-2-5-12(6-3-10)25-19(26-27)11-4-7-15(24-9-11)28-18-16(22)13(20)8-14(21)17(18)23/h4,7-10,12,27H,2-3,5-6H2,1H3,(H,25,26). The lowest BCUT2D eigenvalue weighted by atomic mass is 9.88. The van der Waals surface area contributed by atoms with Gasteiger partial charge in [-0.3, -0.25) is 15.7 Å². The Morgan fingerprint density at radius 3 is 2.29 bits per heavy atom. The van der Waals surface area contributed by atoms with Crippen LogP contribution in [0.2, 0.25) is 0 Å². The van der Waals surface area contributed by atoms with Crippen LogP contribution in [0.25, 0.3) is 0 Å². The molecular weight excluding hydrogens is 378 g/mol. The van der Waals surface area contributed by atoms with Crippen molar-refractivity contribution in [3.8, 4) is 11.6 Å². The summed E-state index contributed by atoms with van der Waals surface area (Å²) in [6.45, 7) is 2.18. The minimum absolute atomic E-state index is 0.0697. The fourth-order valence-electron chi connectivity index (χ4n) is 3.05. The second kappa shape index (κ2) is 8.55. The van der Waals surface area contributed by atoms with E-state index in [0.717, 1.165) is 25.7 Å². The Labute approximate surface area is 159 Å². The first-order chi connectivity index (χ1) is 13.4. The van der Waals surface area contributed by atoms with Crippen molar-refractivity contribution in [3.05, 3.63) is 53.2 Å². The van der Waals surface area contributed by atoms with Gasteiger partial charge in [-0.05, 0) is 37.7 Å². The van der Waals surface area contributed by atoms with E-state index < -0.39 is 29.0 Å². The number of nitrogens with zero attached hydrogens (tertiary/aromatic N) is 2. The molecule has 0 amide bonds. The SMILES string of the molecule is CC1CCC(N=C(NO)c2ccc(Oc3c(F)c(F)cc(F)c3F)nc2)CC1. The molecule has 0 radical (unpaired) electrons. The predicted molar refractivity (Wildman–Crippen MR) is 93.5 cm³/mol. The largest absolute Gasteiger partial charge is 0.433 e. The van der Waals surface area contributed by atoms with E-state index in [1.54, 1.807) is 0 Å². The Kier molecular flexibility index (Phi) is 6.13. The van der Waals surface area contributed by atoms with Gasteiger partial charge in [0.2, 0.25) is 23.3 Å². The van der Waals surface area contributed by atoms with Crippen LogP contribution in [0.5, 0.6) is 11.6 Å². The number of rotatable bonds is 4. The van der Waals surface area contributed by atoms with Crippen molar-refractivity contribution >= 4 is 5.84 Å². The number of aromatic nitrogens is 1. The second-order valence-electron chi connectivity index (χ2n) is 6.79. The van der Waals surface area contributed by atoms with E-state index >= 15 is 0 Å². The van der Waals surface area contributed by atoms with Crippen molar-refractivity contribution in [2.24, 2.45) is 10.9 Å². The smallest absolute Gasteiger partial charge is 0.219 e. The maximum atomic E-state index is 13.7. The third kappa shape index (κ3) is 4.41. The Morgan fingerprint density at radius 1 is 1.11 bits per heavy atom. The number of hydrogen-bond donors (Lipinski definition) is 2. The van der Waals surface area contributed by atoms with Crippen LogP contribution < -0.4 is 10.2 Å². The van der Waals surface area contributed by atoms with Gasteiger partial charge in [-0.25, -0.2) is 13.8 Å². The lowest BCUT2D eigenvalue weighted by Crippen LogP contribution is -2.25. The maximum Gasteiger partial charge on any atom is 0.219 e. The van der Waals surface area contributed by atoms with Crippen molar-refractivity contribution in [2.75, 3.05) is 0 Å². The summed E-state index contributed by atoms with van der Waals surface area (Å²) in [5.41, 5.74) is 2.45. The van der Waals surface area contributed by atoms with Crippen LogP contribution in [-0.4, -0.2) is 22.1 Å². The molecule has 2 aromatic rings. The van der Waals surface area contributed by atoms with Crippen molar-refractivity contribution < 1.29 is 27.5 Å². The fourth-order valence-corrected chi connectivity index (χ4v) is 3.05. The molecule has 3 rings (SSSR count). The Hall–Kier alpha value is -2.68. The number of aliphatic imine (C=N–C) groups is 1. The molecule has 150 valence electrons. The van der Waals surface area contributed by atoms with Crippen molar-refractivity contribution in [2.45, 2.75) is 38.6 Å². The highest BCUT2D eigenvalue weighted by molar-refractivity contribution is 5.97. The van der Waals surface area contributed by atoms with E-state index in [2.05, 4.69) is 16.9 Å². The van der Waals surface area contributed by atoms with Gasteiger partial charge in [-0.2, -0.15) is 8.78 Å². The summed E-state index contributed by atoms with van der Waals surface area (Å²) in [6.07, 6.45) is 5.18. The first kappa shape index (κ1) is 20.1. The second-order valence-corrected chi connectivity index (χ2v) is 6.79. The third-order valence-corrected chi connectivity index (χ3v) is 4.69. The molecule has 1 aliphatic carbocycles. The van der Waals surface area contributed by atoms with Crippen LogP contribution >= 0.6 is 0 Å². The first-order valence-corrected chi connectivity index (χ1v) is 8.84. The topological polar surface area (TPSA) is 66.7 Å². The van der Waals surface area contributed by atoms with Gasteiger partial charge in [0.1, 0.15) is 0 Å². The van der Waals surface area contributed by atoms with E-state index in [9.17, 15) is 22.8 Å². The normalized spacial score (nSPS) is 20.1. The maximum absolute atomic E-state index is 13.7. The van der Waals surface area contributed by atoms with Crippen LogP contribution in [0.15, 0.2) is 29.4 Å². The lowest BCUT2D eigenvalue weighted by Gasteiger charge is -2.23. The number of hydrogen-bond acceptors (Lipinski definition) is 4. The average Bonchev–Trinajstić information content (AvgIpc) is 2.70. The van der Waals surface area contributed by atoms with Crippen LogP contribution in [-0.2, 0) is 0 Å². The van der Waals surface area contributed by atoms with E-state index in [-0.39, 0.29) is 23.8 Å². The number of hydroxylamine groups is 1. The molecule has 0 aliphatic heterocycles. The quantitative estimate of drug-likeness (QED) is 0.257. The van der Waals surface area contributed by atoms with Gasteiger partial charge >= 0.3 is 0 Å². The lowest BCUT2D eigenvalue weighted by molar-refractivity contribution is 0.233. The van der Waals surface area contributed by atoms with Gasteiger partial charge in [0.15, 0.2) is 17.5 Å².